The van der Waals surface area contributed by atoms with Crippen molar-refractivity contribution in [2.45, 2.75) is 18.6 Å². The first kappa shape index (κ1) is 22.2. The molecule has 7 nitrogen and oxygen atoms in total. The van der Waals surface area contributed by atoms with Gasteiger partial charge in [-0.3, -0.25) is 9.69 Å². The number of aliphatic hydroxyl groups is 1. The number of ketones is 1. The molecule has 0 aliphatic carbocycles. The van der Waals surface area contributed by atoms with Gasteiger partial charge in [-0.05, 0) is 23.3 Å². The smallest absolute Gasteiger partial charge is 0.416 e. The number of amides is 1. The van der Waals surface area contributed by atoms with Crippen LogP contribution >= 0.6 is 0 Å². The maximum Gasteiger partial charge on any atom is 0.416 e. The summed E-state index contributed by atoms with van der Waals surface area (Å²) in [5.74, 6) is -0.795. The molecule has 2 atom stereocenters. The molecule has 3 aromatic rings. The first-order valence-corrected chi connectivity index (χ1v) is 10.6. The molecule has 1 aliphatic rings. The first-order valence-electron chi connectivity index (χ1n) is 10.6. The van der Waals surface area contributed by atoms with Gasteiger partial charge in [-0.25, -0.2) is 9.59 Å². The number of hydrogen-bond donors (Lipinski definition) is 1. The number of ether oxygens (including phenoxy) is 2. The van der Waals surface area contributed by atoms with E-state index >= 15 is 0 Å². The van der Waals surface area contributed by atoms with Crippen molar-refractivity contribution >= 4 is 17.8 Å². The Labute approximate surface area is 191 Å². The van der Waals surface area contributed by atoms with Gasteiger partial charge in [0.2, 0.25) is 0 Å². The maximum atomic E-state index is 12.6. The molecule has 168 valence electrons. The van der Waals surface area contributed by atoms with E-state index in [0.29, 0.717) is 11.3 Å². The number of likely N-dealkylation sites (tertiary alicyclic amines) is 1. The predicted molar refractivity (Wildman–Crippen MR) is 121 cm³/mol. The van der Waals surface area contributed by atoms with Crippen LogP contribution in [0.25, 0.3) is 11.1 Å². The summed E-state index contributed by atoms with van der Waals surface area (Å²) in [5.41, 5.74) is 2.41. The number of para-hydroxylation sites is 1. The lowest BCUT2D eigenvalue weighted by molar-refractivity contribution is -0.147. The van der Waals surface area contributed by atoms with Crippen LogP contribution in [0.15, 0.2) is 84.9 Å². The van der Waals surface area contributed by atoms with Gasteiger partial charge in [-0.1, -0.05) is 72.8 Å². The van der Waals surface area contributed by atoms with Crippen LogP contribution in [0.5, 0.6) is 5.75 Å². The number of aliphatic hydroxyl groups excluding tert-OH is 1. The van der Waals surface area contributed by atoms with Crippen molar-refractivity contribution in [3.05, 3.63) is 90.5 Å². The third-order valence-corrected chi connectivity index (χ3v) is 5.39. The molecule has 0 radical (unpaired) electrons. The van der Waals surface area contributed by atoms with Crippen LogP contribution in [0, 0.1) is 0 Å². The number of esters is 1. The highest BCUT2D eigenvalue weighted by molar-refractivity contribution is 5.98. The van der Waals surface area contributed by atoms with E-state index < -0.39 is 30.8 Å². The third kappa shape index (κ3) is 5.45. The van der Waals surface area contributed by atoms with E-state index in [2.05, 4.69) is 0 Å². The largest absolute Gasteiger partial charge is 0.456 e. The number of nitrogens with zero attached hydrogens (tertiary/aromatic N) is 1. The summed E-state index contributed by atoms with van der Waals surface area (Å²) < 4.78 is 10.5. The van der Waals surface area contributed by atoms with Gasteiger partial charge in [0, 0.05) is 12.0 Å². The topological polar surface area (TPSA) is 93.1 Å². The van der Waals surface area contributed by atoms with Crippen LogP contribution in [-0.4, -0.2) is 53.1 Å². The van der Waals surface area contributed by atoms with E-state index in [1.165, 1.54) is 0 Å². The normalized spacial score (nSPS) is 17.4. The molecule has 0 saturated carbocycles. The Bertz CT molecular complexity index is 1110. The average Bonchev–Trinajstić information content (AvgIpc) is 3.25. The summed E-state index contributed by atoms with van der Waals surface area (Å²) in [6.07, 6.45) is -1.63. The predicted octanol–water partition coefficient (Wildman–Crippen LogP) is 3.71. The van der Waals surface area contributed by atoms with Crippen LogP contribution < -0.4 is 4.74 Å². The molecule has 0 bridgehead atoms. The maximum absolute atomic E-state index is 12.6. The summed E-state index contributed by atoms with van der Waals surface area (Å²) in [6, 6.07) is 24.2. The fraction of sp³-hybridized carbons (Fsp3) is 0.192. The van der Waals surface area contributed by atoms with Crippen molar-refractivity contribution in [1.29, 1.82) is 0 Å². The highest BCUT2D eigenvalue weighted by Gasteiger charge is 2.41. The molecule has 33 heavy (non-hydrogen) atoms. The summed E-state index contributed by atoms with van der Waals surface area (Å²) >= 11 is 0. The van der Waals surface area contributed by atoms with E-state index in [1.54, 1.807) is 42.5 Å². The molecular weight excluding hydrogens is 422 g/mol. The van der Waals surface area contributed by atoms with Crippen LogP contribution in [0.3, 0.4) is 0 Å². The Morgan fingerprint density at radius 2 is 1.45 bits per heavy atom. The van der Waals surface area contributed by atoms with Crippen LogP contribution in [0.4, 0.5) is 4.79 Å². The number of carbonyl (C=O) groups excluding carboxylic acids is 3. The quantitative estimate of drug-likeness (QED) is 0.459. The first-order chi connectivity index (χ1) is 16.0. The number of rotatable bonds is 6. The summed E-state index contributed by atoms with van der Waals surface area (Å²) in [4.78, 5) is 38.7. The Morgan fingerprint density at radius 1 is 0.848 bits per heavy atom. The fourth-order valence-corrected chi connectivity index (χ4v) is 3.68. The SMILES string of the molecule is O=C(COC(=O)C1CC(O)CN1C(=O)Oc1ccccc1)c1ccc(-c2ccccc2)cc1. The lowest BCUT2D eigenvalue weighted by atomic mass is 10.0. The van der Waals surface area contributed by atoms with Crippen molar-refractivity contribution < 1.29 is 29.0 Å². The molecule has 1 heterocycles. The summed E-state index contributed by atoms with van der Waals surface area (Å²) in [5, 5.41) is 9.99. The Kier molecular flexibility index (Phi) is 6.80. The van der Waals surface area contributed by atoms with Gasteiger partial charge in [0.25, 0.3) is 0 Å². The molecule has 7 heteroatoms. The number of Topliss-reactive ketones (excluding diaryl/α,β-unsaturated/α-hetero) is 1. The number of hydrogen-bond acceptors (Lipinski definition) is 6. The second-order valence-electron chi connectivity index (χ2n) is 7.71. The van der Waals surface area contributed by atoms with Crippen molar-refractivity contribution in [2.75, 3.05) is 13.2 Å². The molecule has 0 spiro atoms. The zero-order valence-electron chi connectivity index (χ0n) is 17.8. The van der Waals surface area contributed by atoms with E-state index in [1.807, 2.05) is 42.5 Å². The van der Waals surface area contributed by atoms with E-state index in [9.17, 15) is 19.5 Å². The summed E-state index contributed by atoms with van der Waals surface area (Å²) in [7, 11) is 0. The van der Waals surface area contributed by atoms with Gasteiger partial charge < -0.3 is 14.6 Å². The van der Waals surface area contributed by atoms with Crippen molar-refractivity contribution in [3.63, 3.8) is 0 Å². The molecular formula is C26H23NO6. The summed E-state index contributed by atoms with van der Waals surface area (Å²) in [6.45, 7) is -0.516. The highest BCUT2D eigenvalue weighted by Crippen LogP contribution is 2.22. The minimum atomic E-state index is -1.02. The lowest BCUT2D eigenvalue weighted by Crippen LogP contribution is -2.43. The number of benzene rings is 3. The molecule has 1 amide bonds. The molecule has 1 aliphatic heterocycles. The van der Waals surface area contributed by atoms with Gasteiger partial charge in [-0.2, -0.15) is 0 Å². The van der Waals surface area contributed by atoms with Crippen molar-refractivity contribution in [2.24, 2.45) is 0 Å². The monoisotopic (exact) mass is 445 g/mol. The number of carbonyl (C=O) groups is 3. The lowest BCUT2D eigenvalue weighted by Gasteiger charge is -2.22. The Balaban J connectivity index is 1.35. The van der Waals surface area contributed by atoms with Crippen molar-refractivity contribution in [3.8, 4) is 16.9 Å². The Hall–Kier alpha value is -3.97. The number of β-amino-alcohol motifs (C(OH)–C–C–N with tert-alkyl or cyclic N) is 1. The van der Waals surface area contributed by atoms with E-state index in [-0.39, 0.29) is 18.7 Å². The molecule has 0 aromatic heterocycles. The molecule has 1 saturated heterocycles. The zero-order valence-corrected chi connectivity index (χ0v) is 17.8. The van der Waals surface area contributed by atoms with Crippen LogP contribution in [0.1, 0.15) is 16.8 Å². The fourth-order valence-electron chi connectivity index (χ4n) is 3.68. The minimum absolute atomic E-state index is 0.0166. The Morgan fingerprint density at radius 3 is 2.12 bits per heavy atom. The molecule has 1 fully saturated rings. The average molecular weight is 445 g/mol. The second kappa shape index (κ2) is 10.1. The van der Waals surface area contributed by atoms with Gasteiger partial charge in [0.15, 0.2) is 12.4 Å². The van der Waals surface area contributed by atoms with Gasteiger partial charge in [0.05, 0.1) is 12.6 Å². The molecule has 4 rings (SSSR count). The molecule has 3 aromatic carbocycles. The van der Waals surface area contributed by atoms with Gasteiger partial charge in [0.1, 0.15) is 11.8 Å². The third-order valence-electron chi connectivity index (χ3n) is 5.39. The van der Waals surface area contributed by atoms with Crippen molar-refractivity contribution in [1.82, 2.24) is 4.90 Å². The zero-order chi connectivity index (χ0) is 23.2. The standard InChI is InChI=1S/C26H23NO6/c28-21-15-23(27(16-21)26(31)33-22-9-5-2-6-10-22)25(30)32-17-24(29)20-13-11-19(12-14-20)18-7-3-1-4-8-18/h1-14,21,23,28H,15-17H2. The van der Waals surface area contributed by atoms with E-state index in [4.69, 9.17) is 9.47 Å². The van der Waals surface area contributed by atoms with E-state index in [0.717, 1.165) is 16.0 Å². The molecule has 2 unspecified atom stereocenters. The van der Waals surface area contributed by atoms with Crippen LogP contribution in [0.2, 0.25) is 0 Å². The highest BCUT2D eigenvalue weighted by atomic mass is 16.6. The minimum Gasteiger partial charge on any atom is -0.456 e. The second-order valence-corrected chi connectivity index (χ2v) is 7.71. The van der Waals surface area contributed by atoms with Gasteiger partial charge >= 0.3 is 12.1 Å². The molecule has 1 N–H and O–H groups in total. The van der Waals surface area contributed by atoms with Crippen LogP contribution in [-0.2, 0) is 9.53 Å². The van der Waals surface area contributed by atoms with Gasteiger partial charge in [-0.15, -0.1) is 0 Å².